The quantitative estimate of drug-likeness (QED) is 0.626. The number of hydrogen-bond acceptors (Lipinski definition) is 4. The maximum absolute atomic E-state index is 7.63. The second-order valence-corrected chi connectivity index (χ2v) is 4.64. The van der Waals surface area contributed by atoms with E-state index in [1.807, 2.05) is 12.1 Å². The molecule has 2 rings (SSSR count). The molecule has 1 aliphatic heterocycles. The van der Waals surface area contributed by atoms with Gasteiger partial charge in [0.1, 0.15) is 11.5 Å². The number of amidine groups is 1. The third-order valence-electron chi connectivity index (χ3n) is 3.29. The Morgan fingerprint density at radius 1 is 1.67 bits per heavy atom. The summed E-state index contributed by atoms with van der Waals surface area (Å²) in [5, 5.41) is 7.63. The monoisotopic (exact) mass is 248 g/mol. The first-order valence-corrected chi connectivity index (χ1v) is 6.31. The molecule has 18 heavy (non-hydrogen) atoms. The van der Waals surface area contributed by atoms with Crippen molar-refractivity contribution in [1.29, 1.82) is 5.41 Å². The molecule has 3 N–H and O–H groups in total. The van der Waals surface area contributed by atoms with E-state index in [9.17, 15) is 0 Å². The van der Waals surface area contributed by atoms with E-state index in [0.29, 0.717) is 18.3 Å². The number of hydrogen-bond donors (Lipinski definition) is 2. The Bertz CT molecular complexity index is 435. The molecular formula is C13H20N4O. The number of nitrogen functional groups attached to an aromatic ring is 1. The zero-order valence-corrected chi connectivity index (χ0v) is 10.9. The van der Waals surface area contributed by atoms with Gasteiger partial charge < -0.3 is 15.4 Å². The van der Waals surface area contributed by atoms with Gasteiger partial charge >= 0.3 is 0 Å². The minimum atomic E-state index is 0.0135. The lowest BCUT2D eigenvalue weighted by atomic mass is 10.1. The number of nitrogens with one attached hydrogen (secondary N) is 1. The molecule has 2 heterocycles. The first-order valence-electron chi connectivity index (χ1n) is 6.31. The number of pyridine rings is 1. The smallest absolute Gasteiger partial charge is 0.143 e. The summed E-state index contributed by atoms with van der Waals surface area (Å²) in [7, 11) is 0. The molecule has 0 aliphatic carbocycles. The summed E-state index contributed by atoms with van der Waals surface area (Å²) in [5.74, 6) is 0.0135. The van der Waals surface area contributed by atoms with Crippen LogP contribution in [0.5, 0.6) is 0 Å². The lowest BCUT2D eigenvalue weighted by Crippen LogP contribution is -2.49. The average molecular weight is 248 g/mol. The van der Waals surface area contributed by atoms with Gasteiger partial charge in [0.15, 0.2) is 0 Å². The Labute approximate surface area is 107 Å². The van der Waals surface area contributed by atoms with Crippen LogP contribution in [-0.2, 0) is 4.74 Å². The largest absolute Gasteiger partial charge is 0.382 e. The van der Waals surface area contributed by atoms with Gasteiger partial charge in [-0.25, -0.2) is 0 Å². The van der Waals surface area contributed by atoms with Crippen molar-refractivity contribution in [2.45, 2.75) is 32.4 Å². The molecule has 5 nitrogen and oxygen atoms in total. The summed E-state index contributed by atoms with van der Waals surface area (Å²) in [4.78, 5) is 6.48. The third kappa shape index (κ3) is 2.46. The lowest BCUT2D eigenvalue weighted by Gasteiger charge is -2.40. The fourth-order valence-electron chi connectivity index (χ4n) is 2.31. The molecule has 0 radical (unpaired) electrons. The van der Waals surface area contributed by atoms with Crippen LogP contribution in [0.25, 0.3) is 0 Å². The Kier molecular flexibility index (Phi) is 3.81. The van der Waals surface area contributed by atoms with E-state index in [0.717, 1.165) is 18.7 Å². The Hall–Kier alpha value is -1.62. The fraction of sp³-hybridized carbons (Fsp3) is 0.538. The molecule has 1 aromatic rings. The number of rotatable bonds is 3. The van der Waals surface area contributed by atoms with Crippen LogP contribution in [0.15, 0.2) is 18.3 Å². The predicted molar refractivity (Wildman–Crippen MR) is 72.1 cm³/mol. The van der Waals surface area contributed by atoms with Crippen molar-refractivity contribution in [3.63, 3.8) is 0 Å². The number of nitrogens with zero attached hydrogens (tertiary/aromatic N) is 2. The minimum absolute atomic E-state index is 0.0135. The van der Waals surface area contributed by atoms with Crippen molar-refractivity contribution in [3.8, 4) is 0 Å². The third-order valence-corrected chi connectivity index (χ3v) is 3.29. The topological polar surface area (TPSA) is 75.2 Å². The fourth-order valence-corrected chi connectivity index (χ4v) is 2.31. The summed E-state index contributed by atoms with van der Waals surface area (Å²) in [6.45, 7) is 5.72. The van der Waals surface area contributed by atoms with Gasteiger partial charge in [-0.3, -0.25) is 10.4 Å². The van der Waals surface area contributed by atoms with Gasteiger partial charge in [-0.1, -0.05) is 6.92 Å². The maximum Gasteiger partial charge on any atom is 0.143 e. The van der Waals surface area contributed by atoms with Gasteiger partial charge in [-0.2, -0.15) is 0 Å². The summed E-state index contributed by atoms with van der Waals surface area (Å²) in [5.41, 5.74) is 7.10. The summed E-state index contributed by atoms with van der Waals surface area (Å²) in [6.07, 6.45) is 2.86. The second kappa shape index (κ2) is 5.35. The van der Waals surface area contributed by atoms with E-state index in [-0.39, 0.29) is 11.9 Å². The molecule has 2 atom stereocenters. The first-order chi connectivity index (χ1) is 8.63. The molecule has 1 saturated heterocycles. The van der Waals surface area contributed by atoms with Crippen LogP contribution in [0.1, 0.15) is 26.0 Å². The minimum Gasteiger partial charge on any atom is -0.382 e. The number of ether oxygens (including phenoxy) is 1. The van der Waals surface area contributed by atoms with Gasteiger partial charge in [0.25, 0.3) is 0 Å². The van der Waals surface area contributed by atoms with Gasteiger partial charge in [0.2, 0.25) is 0 Å². The standard InChI is InChI=1S/C13H20N4O/c1-3-10-8-18-9(2)7-17(10)11-5-4-6-16-12(11)13(14)15/h4-6,9-10H,3,7-8H2,1-2H3,(H3,14,15). The second-order valence-electron chi connectivity index (χ2n) is 4.64. The molecule has 0 saturated carbocycles. The molecule has 98 valence electrons. The molecule has 1 aromatic heterocycles. The van der Waals surface area contributed by atoms with E-state index < -0.39 is 0 Å². The Morgan fingerprint density at radius 3 is 3.11 bits per heavy atom. The zero-order chi connectivity index (χ0) is 13.1. The van der Waals surface area contributed by atoms with Crippen LogP contribution in [0.2, 0.25) is 0 Å². The maximum atomic E-state index is 7.63. The molecule has 1 fully saturated rings. The van der Waals surface area contributed by atoms with Crippen LogP contribution in [0.3, 0.4) is 0 Å². The van der Waals surface area contributed by atoms with Crippen LogP contribution in [0.4, 0.5) is 5.69 Å². The Balaban J connectivity index is 2.36. The molecule has 2 unspecified atom stereocenters. The number of aromatic nitrogens is 1. The van der Waals surface area contributed by atoms with Crippen molar-refractivity contribution < 1.29 is 4.74 Å². The van der Waals surface area contributed by atoms with E-state index in [1.54, 1.807) is 6.20 Å². The van der Waals surface area contributed by atoms with Crippen molar-refractivity contribution in [2.24, 2.45) is 5.73 Å². The Morgan fingerprint density at radius 2 is 2.44 bits per heavy atom. The van der Waals surface area contributed by atoms with Gasteiger partial charge in [0.05, 0.1) is 24.4 Å². The van der Waals surface area contributed by atoms with Crippen LogP contribution in [-0.4, -0.2) is 36.1 Å². The van der Waals surface area contributed by atoms with Gasteiger partial charge in [0, 0.05) is 12.7 Å². The molecule has 0 aromatic carbocycles. The highest BCUT2D eigenvalue weighted by molar-refractivity contribution is 5.98. The molecule has 1 aliphatic rings. The zero-order valence-electron chi connectivity index (χ0n) is 10.9. The number of nitrogens with two attached hydrogens (primary N) is 1. The van der Waals surface area contributed by atoms with Crippen molar-refractivity contribution in [1.82, 2.24) is 4.98 Å². The highest BCUT2D eigenvalue weighted by atomic mass is 16.5. The average Bonchev–Trinajstić information content (AvgIpc) is 2.38. The summed E-state index contributed by atoms with van der Waals surface area (Å²) < 4.78 is 5.69. The van der Waals surface area contributed by atoms with E-state index >= 15 is 0 Å². The van der Waals surface area contributed by atoms with Crippen molar-refractivity contribution in [3.05, 3.63) is 24.0 Å². The SMILES string of the molecule is CCC1COC(C)CN1c1cccnc1C(=N)N. The van der Waals surface area contributed by atoms with Crippen LogP contribution >= 0.6 is 0 Å². The van der Waals surface area contributed by atoms with E-state index in [4.69, 9.17) is 15.9 Å². The normalized spacial score (nSPS) is 24.0. The molecule has 0 amide bonds. The highest BCUT2D eigenvalue weighted by Crippen LogP contribution is 2.25. The van der Waals surface area contributed by atoms with Crippen LogP contribution < -0.4 is 10.6 Å². The molecular weight excluding hydrogens is 228 g/mol. The van der Waals surface area contributed by atoms with Crippen LogP contribution in [0, 0.1) is 5.41 Å². The first kappa shape index (κ1) is 12.8. The predicted octanol–water partition coefficient (Wildman–Crippen LogP) is 1.37. The summed E-state index contributed by atoms with van der Waals surface area (Å²) in [6, 6.07) is 4.18. The van der Waals surface area contributed by atoms with Crippen molar-refractivity contribution in [2.75, 3.05) is 18.1 Å². The number of anilines is 1. The summed E-state index contributed by atoms with van der Waals surface area (Å²) >= 11 is 0. The van der Waals surface area contributed by atoms with E-state index in [2.05, 4.69) is 23.7 Å². The molecule has 0 spiro atoms. The lowest BCUT2D eigenvalue weighted by molar-refractivity contribution is 0.0299. The van der Waals surface area contributed by atoms with Gasteiger partial charge in [-0.15, -0.1) is 0 Å². The van der Waals surface area contributed by atoms with Crippen molar-refractivity contribution >= 4 is 11.5 Å². The highest BCUT2D eigenvalue weighted by Gasteiger charge is 2.27. The molecule has 0 bridgehead atoms. The molecule has 5 heteroatoms. The number of morpholine rings is 1. The van der Waals surface area contributed by atoms with Gasteiger partial charge in [-0.05, 0) is 25.5 Å². The van der Waals surface area contributed by atoms with E-state index in [1.165, 1.54) is 0 Å².